The summed E-state index contributed by atoms with van der Waals surface area (Å²) in [5.41, 5.74) is 2.12. The lowest BCUT2D eigenvalue weighted by molar-refractivity contribution is -0.116. The number of rotatable bonds is 8. The molecule has 1 aromatic heterocycles. The molecule has 33 heavy (non-hydrogen) atoms. The predicted octanol–water partition coefficient (Wildman–Crippen LogP) is 3.62. The molecule has 2 aromatic carbocycles. The average Bonchev–Trinajstić information content (AvgIpc) is 2.80. The summed E-state index contributed by atoms with van der Waals surface area (Å²) in [5, 5.41) is 13.4. The summed E-state index contributed by atoms with van der Waals surface area (Å²) < 4.78 is 5.11. The van der Waals surface area contributed by atoms with E-state index in [4.69, 9.17) is 4.74 Å². The van der Waals surface area contributed by atoms with Gasteiger partial charge in [0, 0.05) is 17.7 Å². The minimum absolute atomic E-state index is 0.0878. The zero-order valence-electron chi connectivity index (χ0n) is 18.8. The molecule has 0 spiro atoms. The van der Waals surface area contributed by atoms with E-state index < -0.39 is 10.8 Å². The van der Waals surface area contributed by atoms with Crippen LogP contribution in [0.5, 0.6) is 5.75 Å². The Morgan fingerprint density at radius 3 is 2.48 bits per heavy atom. The Morgan fingerprint density at radius 1 is 1.12 bits per heavy atom. The van der Waals surface area contributed by atoms with E-state index in [1.54, 1.807) is 57.4 Å². The molecule has 0 saturated heterocycles. The number of carbonyl (C=O) groups excluding carboxylic acids is 2. The van der Waals surface area contributed by atoms with E-state index in [9.17, 15) is 14.4 Å². The molecule has 0 fully saturated rings. The van der Waals surface area contributed by atoms with E-state index in [-0.39, 0.29) is 22.7 Å². The number of nitrogens with zero attached hydrogens (tertiary/aromatic N) is 2. The van der Waals surface area contributed by atoms with Gasteiger partial charge in [0.25, 0.3) is 5.56 Å². The van der Waals surface area contributed by atoms with Crippen LogP contribution in [0, 0.1) is 6.92 Å². The molecule has 10 heteroatoms. The van der Waals surface area contributed by atoms with Crippen molar-refractivity contribution in [3.63, 3.8) is 0 Å². The highest BCUT2D eigenvalue weighted by Crippen LogP contribution is 2.26. The minimum atomic E-state index is -0.540. The summed E-state index contributed by atoms with van der Waals surface area (Å²) in [4.78, 5) is 39.8. The van der Waals surface area contributed by atoms with Crippen LogP contribution in [0.15, 0.2) is 52.4 Å². The first-order valence-electron chi connectivity index (χ1n) is 10.3. The summed E-state index contributed by atoms with van der Waals surface area (Å²) in [6.45, 7) is 5.33. The maximum atomic E-state index is 12.8. The molecule has 3 rings (SSSR count). The molecule has 1 heterocycles. The van der Waals surface area contributed by atoms with Gasteiger partial charge in [0.05, 0.1) is 18.0 Å². The lowest BCUT2D eigenvalue weighted by Gasteiger charge is -2.12. The zero-order valence-corrected chi connectivity index (χ0v) is 19.6. The number of methoxy groups -OCH3 is 1. The molecule has 0 aliphatic carbocycles. The Kier molecular flexibility index (Phi) is 7.83. The van der Waals surface area contributed by atoms with E-state index in [2.05, 4.69) is 25.8 Å². The summed E-state index contributed by atoms with van der Waals surface area (Å²) in [5.74, 6) is 0.267. The van der Waals surface area contributed by atoms with Crippen molar-refractivity contribution in [2.24, 2.45) is 0 Å². The molecule has 3 N–H and O–H groups in total. The fraction of sp³-hybridized carbons (Fsp3) is 0.261. The summed E-state index contributed by atoms with van der Waals surface area (Å²) in [6, 6.07) is 12.3. The molecule has 1 atom stereocenters. The number of aryl methyl sites for hydroxylation is 1. The van der Waals surface area contributed by atoms with Gasteiger partial charge in [-0.05, 0) is 50.2 Å². The van der Waals surface area contributed by atoms with E-state index in [0.29, 0.717) is 29.1 Å². The van der Waals surface area contributed by atoms with Crippen molar-refractivity contribution >= 4 is 35.0 Å². The smallest absolute Gasteiger partial charge is 0.278 e. The molecule has 0 unspecified atom stereocenters. The number of anilines is 2. The van der Waals surface area contributed by atoms with E-state index in [1.807, 2.05) is 13.0 Å². The first-order valence-corrected chi connectivity index (χ1v) is 11.2. The van der Waals surface area contributed by atoms with Crippen LogP contribution >= 0.6 is 11.8 Å². The Bertz CT molecular complexity index is 1210. The molecule has 2 amide bonds. The van der Waals surface area contributed by atoms with Gasteiger partial charge in [-0.3, -0.25) is 19.4 Å². The van der Waals surface area contributed by atoms with E-state index in [1.165, 1.54) is 0 Å². The molecule has 3 aromatic rings. The van der Waals surface area contributed by atoms with Crippen molar-refractivity contribution in [3.05, 3.63) is 58.4 Å². The van der Waals surface area contributed by atoms with Crippen LogP contribution < -0.4 is 20.9 Å². The molecule has 0 bridgehead atoms. The number of ether oxygens (including phenoxy) is 1. The number of hydrogen-bond acceptors (Lipinski definition) is 7. The van der Waals surface area contributed by atoms with Gasteiger partial charge in [0.15, 0.2) is 10.9 Å². The molecule has 0 radical (unpaired) electrons. The van der Waals surface area contributed by atoms with Crippen molar-refractivity contribution in [1.82, 2.24) is 15.2 Å². The molecule has 0 aliphatic rings. The molecular weight excluding hydrogens is 442 g/mol. The minimum Gasteiger partial charge on any atom is -0.497 e. The maximum Gasteiger partial charge on any atom is 0.278 e. The third kappa shape index (κ3) is 6.19. The van der Waals surface area contributed by atoms with Gasteiger partial charge in [-0.25, -0.2) is 0 Å². The van der Waals surface area contributed by atoms with Crippen LogP contribution in [-0.2, 0) is 9.59 Å². The van der Waals surface area contributed by atoms with Gasteiger partial charge in [0.1, 0.15) is 5.75 Å². The maximum absolute atomic E-state index is 12.8. The number of aromatic amines is 1. The van der Waals surface area contributed by atoms with E-state index >= 15 is 0 Å². The van der Waals surface area contributed by atoms with Gasteiger partial charge >= 0.3 is 0 Å². The lowest BCUT2D eigenvalue weighted by atomic mass is 10.1. The van der Waals surface area contributed by atoms with Crippen LogP contribution in [0.1, 0.15) is 25.8 Å². The van der Waals surface area contributed by atoms with Crippen molar-refractivity contribution in [3.8, 4) is 17.0 Å². The number of benzene rings is 2. The van der Waals surface area contributed by atoms with Crippen LogP contribution in [0.2, 0.25) is 0 Å². The van der Waals surface area contributed by atoms with Crippen LogP contribution in [0.3, 0.4) is 0 Å². The van der Waals surface area contributed by atoms with Crippen LogP contribution in [-0.4, -0.2) is 39.4 Å². The van der Waals surface area contributed by atoms with Crippen molar-refractivity contribution in [1.29, 1.82) is 0 Å². The molecule has 0 saturated carbocycles. The second-order valence-corrected chi connectivity index (χ2v) is 8.57. The number of aromatic nitrogens is 3. The monoisotopic (exact) mass is 467 g/mol. The largest absolute Gasteiger partial charge is 0.497 e. The average molecular weight is 468 g/mol. The molecule has 172 valence electrons. The lowest BCUT2D eigenvalue weighted by Crippen LogP contribution is -2.23. The molecular formula is C23H25N5O4S. The van der Waals surface area contributed by atoms with Crippen molar-refractivity contribution in [2.75, 3.05) is 17.7 Å². The zero-order chi connectivity index (χ0) is 24.0. The number of hydrogen-bond donors (Lipinski definition) is 3. The third-order valence-electron chi connectivity index (χ3n) is 4.72. The number of amides is 2. The van der Waals surface area contributed by atoms with Gasteiger partial charge in [-0.15, -0.1) is 10.2 Å². The quantitative estimate of drug-likeness (QED) is 0.432. The highest BCUT2D eigenvalue weighted by Gasteiger charge is 2.19. The predicted molar refractivity (Wildman–Crippen MR) is 129 cm³/mol. The van der Waals surface area contributed by atoms with Crippen molar-refractivity contribution < 1.29 is 14.3 Å². The van der Waals surface area contributed by atoms with E-state index in [0.717, 1.165) is 17.3 Å². The Balaban J connectivity index is 1.75. The molecule has 0 aliphatic heterocycles. The van der Waals surface area contributed by atoms with Gasteiger partial charge < -0.3 is 15.4 Å². The van der Waals surface area contributed by atoms with Gasteiger partial charge in [0.2, 0.25) is 11.8 Å². The molecule has 9 nitrogen and oxygen atoms in total. The standard InChI is InChI=1S/C23H25N5O4S/c1-5-19(29)25-18-11-6-13(2)12-17(18)20-22(31)26-23(28-27-20)33-14(3)21(30)24-15-7-9-16(32-4)10-8-15/h6-12,14H,5H2,1-4H3,(H,24,30)(H,25,29)(H,26,28,31)/t14-/m0/s1. The topological polar surface area (TPSA) is 126 Å². The number of nitrogens with one attached hydrogen (secondary N) is 3. The number of carbonyl (C=O) groups is 2. The van der Waals surface area contributed by atoms with Crippen LogP contribution in [0.25, 0.3) is 11.3 Å². The summed E-state index contributed by atoms with van der Waals surface area (Å²) in [6.07, 6.45) is 0.307. The summed E-state index contributed by atoms with van der Waals surface area (Å²) in [7, 11) is 1.57. The first kappa shape index (κ1) is 24.0. The normalized spacial score (nSPS) is 11.5. The Morgan fingerprint density at radius 2 is 1.85 bits per heavy atom. The summed E-state index contributed by atoms with van der Waals surface area (Å²) >= 11 is 1.08. The Hall–Kier alpha value is -3.66. The highest BCUT2D eigenvalue weighted by atomic mass is 32.2. The Labute approximate surface area is 195 Å². The van der Waals surface area contributed by atoms with Gasteiger partial charge in [-0.1, -0.05) is 30.3 Å². The van der Waals surface area contributed by atoms with Gasteiger partial charge in [-0.2, -0.15) is 0 Å². The number of H-pyrrole nitrogens is 1. The third-order valence-corrected chi connectivity index (χ3v) is 5.69. The SMILES string of the molecule is CCC(=O)Nc1ccc(C)cc1-c1nnc(S[C@@H](C)C(=O)Nc2ccc(OC)cc2)[nH]c1=O. The second kappa shape index (κ2) is 10.8. The highest BCUT2D eigenvalue weighted by molar-refractivity contribution is 8.00. The second-order valence-electron chi connectivity index (χ2n) is 7.24. The first-order chi connectivity index (χ1) is 15.8. The fourth-order valence-corrected chi connectivity index (χ4v) is 3.63. The van der Waals surface area contributed by atoms with Crippen molar-refractivity contribution in [2.45, 2.75) is 37.6 Å². The number of thioether (sulfide) groups is 1. The van der Waals surface area contributed by atoms with Crippen LogP contribution in [0.4, 0.5) is 11.4 Å². The fourth-order valence-electron chi connectivity index (χ4n) is 2.89.